The quantitative estimate of drug-likeness (QED) is 0.0752. The maximum Gasteiger partial charge on any atom is 0.296 e. The molecule has 2 aliphatic carbocycles. The molecule has 3 aliphatic rings. The minimum absolute atomic E-state index is 0.00153. The number of carbonyl (C=O) groups is 1. The average molecular weight is 671 g/mol. The fraction of sp³-hybridized carbons (Fsp3) is 0.914. The average Bonchev–Trinajstić information content (AvgIpc) is 3.55. The van der Waals surface area contributed by atoms with Crippen molar-refractivity contribution in [1.82, 2.24) is 0 Å². The van der Waals surface area contributed by atoms with Crippen molar-refractivity contribution in [2.75, 3.05) is 40.3 Å². The van der Waals surface area contributed by atoms with Gasteiger partial charge in [0.2, 0.25) is 0 Å². The zero-order chi connectivity index (χ0) is 33.6. The Bertz CT molecular complexity index is 950. The van der Waals surface area contributed by atoms with Crippen LogP contribution < -0.4 is 0 Å². The van der Waals surface area contributed by atoms with Gasteiger partial charge in [0.15, 0.2) is 14.6 Å². The molecule has 1 aliphatic heterocycles. The first kappa shape index (κ1) is 38.8. The predicted molar refractivity (Wildman–Crippen MR) is 184 cm³/mol. The standard InChI is InChI=1S/C35H66O8Si2/c1-25(13-18-31-39-21-22-40-31)32(33(36)43-45(11,12)35(5,6)7)26-14-15-27-28(16-17-29(27)41-24-38-20-19-37-8)30(23-26)42-44(9,10)34(2,3)4/h14-15,25-32H,13,16-24H2,1-12H3/t25-,26+,27+,28+,29-,30-,32-/m0/s1. The molecule has 262 valence electrons. The summed E-state index contributed by atoms with van der Waals surface area (Å²) in [6, 6.07) is 0. The SMILES string of the molecule is COCCOCO[C@H]1CC[C@@H]2[C@H]1C=C[C@@H]([C@@H](C(=O)O[Si](C)(C)C(C)(C)C)[C@@H](C)CCC1OCCO1)C[C@@H]2O[Si](C)(C)C(C)(C)C. The first-order chi connectivity index (χ1) is 20.9. The molecular formula is C35H66O8Si2. The first-order valence-corrected chi connectivity index (χ1v) is 23.2. The highest BCUT2D eigenvalue weighted by molar-refractivity contribution is 6.75. The van der Waals surface area contributed by atoms with Crippen LogP contribution in [0.2, 0.25) is 36.3 Å². The molecule has 0 unspecified atom stereocenters. The number of fused-ring (bicyclic) bond motifs is 1. The largest absolute Gasteiger partial charge is 0.519 e. The second-order valence-corrected chi connectivity index (χ2v) is 26.2. The van der Waals surface area contributed by atoms with Gasteiger partial charge in [0, 0.05) is 19.1 Å². The van der Waals surface area contributed by atoms with Gasteiger partial charge in [0.25, 0.3) is 14.3 Å². The lowest BCUT2D eigenvalue weighted by atomic mass is 9.77. The van der Waals surface area contributed by atoms with E-state index in [2.05, 4.69) is 86.8 Å². The van der Waals surface area contributed by atoms with E-state index in [0.717, 1.165) is 32.1 Å². The molecule has 0 radical (unpaired) electrons. The Labute approximate surface area is 276 Å². The molecule has 0 N–H and O–H groups in total. The second kappa shape index (κ2) is 16.2. The Hall–Kier alpha value is -0.596. The molecule has 2 fully saturated rings. The highest BCUT2D eigenvalue weighted by atomic mass is 28.4. The molecule has 3 rings (SSSR count). The minimum Gasteiger partial charge on any atom is -0.519 e. The number of carbonyl (C=O) groups excluding carboxylic acids is 1. The fourth-order valence-electron chi connectivity index (χ4n) is 6.45. The number of allylic oxidation sites excluding steroid dienone is 1. The summed E-state index contributed by atoms with van der Waals surface area (Å²) in [5.74, 6) is 0.298. The molecular weight excluding hydrogens is 605 g/mol. The van der Waals surface area contributed by atoms with Crippen molar-refractivity contribution in [3.63, 3.8) is 0 Å². The van der Waals surface area contributed by atoms with Crippen LogP contribution in [0.3, 0.4) is 0 Å². The van der Waals surface area contributed by atoms with Gasteiger partial charge in [-0.25, -0.2) is 0 Å². The summed E-state index contributed by atoms with van der Waals surface area (Å²) in [6.45, 7) is 27.3. The van der Waals surface area contributed by atoms with E-state index in [-0.39, 0.29) is 65.0 Å². The molecule has 45 heavy (non-hydrogen) atoms. The highest BCUT2D eigenvalue weighted by Crippen LogP contribution is 2.48. The monoisotopic (exact) mass is 670 g/mol. The molecule has 1 saturated carbocycles. The van der Waals surface area contributed by atoms with Crippen LogP contribution in [0.5, 0.6) is 0 Å². The zero-order valence-corrected chi connectivity index (χ0v) is 32.6. The molecule has 8 nitrogen and oxygen atoms in total. The second-order valence-electron chi connectivity index (χ2n) is 16.7. The van der Waals surface area contributed by atoms with E-state index in [0.29, 0.717) is 32.3 Å². The summed E-state index contributed by atoms with van der Waals surface area (Å²) in [7, 11) is -2.76. The highest BCUT2D eigenvalue weighted by Gasteiger charge is 2.50. The summed E-state index contributed by atoms with van der Waals surface area (Å²) in [5, 5.41) is 0.0127. The summed E-state index contributed by atoms with van der Waals surface area (Å²) >= 11 is 0. The van der Waals surface area contributed by atoms with Gasteiger partial charge in [-0.15, -0.1) is 0 Å². The van der Waals surface area contributed by atoms with E-state index in [1.165, 1.54) is 0 Å². The number of hydrogen-bond acceptors (Lipinski definition) is 8. The van der Waals surface area contributed by atoms with Crippen molar-refractivity contribution >= 4 is 22.6 Å². The van der Waals surface area contributed by atoms with Crippen molar-refractivity contribution in [1.29, 1.82) is 0 Å². The molecule has 0 aromatic rings. The smallest absolute Gasteiger partial charge is 0.296 e. The molecule has 0 aromatic heterocycles. The van der Waals surface area contributed by atoms with E-state index in [1.807, 2.05) is 0 Å². The van der Waals surface area contributed by atoms with Crippen molar-refractivity contribution in [2.45, 2.75) is 135 Å². The van der Waals surface area contributed by atoms with Crippen molar-refractivity contribution in [2.24, 2.45) is 29.6 Å². The Kier molecular flexibility index (Phi) is 14.0. The molecule has 0 amide bonds. The molecule has 1 saturated heterocycles. The normalized spacial score (nSPS) is 28.1. The molecule has 0 spiro atoms. The van der Waals surface area contributed by atoms with Crippen LogP contribution in [0, 0.1) is 29.6 Å². The van der Waals surface area contributed by atoms with E-state index >= 15 is 0 Å². The maximum atomic E-state index is 14.4. The third kappa shape index (κ3) is 10.4. The Morgan fingerprint density at radius 1 is 0.911 bits per heavy atom. The lowest BCUT2D eigenvalue weighted by Gasteiger charge is -2.43. The predicted octanol–water partition coefficient (Wildman–Crippen LogP) is 7.94. The number of methoxy groups -OCH3 is 1. The summed E-state index contributed by atoms with van der Waals surface area (Å²) in [4.78, 5) is 14.4. The number of ether oxygens (including phenoxy) is 5. The minimum atomic E-state index is -2.33. The first-order valence-electron chi connectivity index (χ1n) is 17.4. The Morgan fingerprint density at radius 2 is 1.56 bits per heavy atom. The van der Waals surface area contributed by atoms with E-state index in [4.69, 9.17) is 32.5 Å². The topological polar surface area (TPSA) is 81.7 Å². The van der Waals surface area contributed by atoms with Crippen LogP contribution in [-0.2, 0) is 37.3 Å². The Morgan fingerprint density at radius 3 is 2.16 bits per heavy atom. The van der Waals surface area contributed by atoms with Gasteiger partial charge in [-0.2, -0.15) is 0 Å². The third-order valence-electron chi connectivity index (χ3n) is 11.4. The van der Waals surface area contributed by atoms with Crippen LogP contribution in [0.4, 0.5) is 0 Å². The molecule has 10 heteroatoms. The number of hydrogen-bond donors (Lipinski definition) is 0. The van der Waals surface area contributed by atoms with Crippen molar-refractivity contribution in [3.05, 3.63) is 12.2 Å². The van der Waals surface area contributed by atoms with Crippen LogP contribution in [0.1, 0.15) is 80.6 Å². The van der Waals surface area contributed by atoms with Gasteiger partial charge in [0.05, 0.1) is 38.4 Å². The van der Waals surface area contributed by atoms with Crippen LogP contribution in [0.15, 0.2) is 12.2 Å². The molecule has 1 heterocycles. The van der Waals surface area contributed by atoms with Gasteiger partial charge in [-0.1, -0.05) is 60.6 Å². The maximum absolute atomic E-state index is 14.4. The molecule has 0 aromatic carbocycles. The van der Waals surface area contributed by atoms with Gasteiger partial charge in [0.1, 0.15) is 6.79 Å². The zero-order valence-electron chi connectivity index (χ0n) is 30.6. The van der Waals surface area contributed by atoms with Crippen molar-refractivity contribution < 1.29 is 37.3 Å². The van der Waals surface area contributed by atoms with E-state index < -0.39 is 16.6 Å². The lowest BCUT2D eigenvalue weighted by molar-refractivity contribution is -0.144. The number of rotatable bonds is 15. The van der Waals surface area contributed by atoms with Gasteiger partial charge >= 0.3 is 0 Å². The lowest BCUT2D eigenvalue weighted by Crippen LogP contribution is -2.48. The van der Waals surface area contributed by atoms with Crippen LogP contribution in [0.25, 0.3) is 0 Å². The van der Waals surface area contributed by atoms with Crippen molar-refractivity contribution in [3.8, 4) is 0 Å². The van der Waals surface area contributed by atoms with E-state index in [9.17, 15) is 4.79 Å². The summed E-state index contributed by atoms with van der Waals surface area (Å²) < 4.78 is 42.5. The summed E-state index contributed by atoms with van der Waals surface area (Å²) in [5.41, 5.74) is 0. The molecule has 7 atom stereocenters. The van der Waals surface area contributed by atoms with Crippen LogP contribution >= 0.6 is 0 Å². The van der Waals surface area contributed by atoms with Gasteiger partial charge in [-0.3, -0.25) is 4.79 Å². The molecule has 0 bridgehead atoms. The van der Waals surface area contributed by atoms with Gasteiger partial charge < -0.3 is 32.5 Å². The Balaban J connectivity index is 1.93. The third-order valence-corrected chi connectivity index (χ3v) is 20.2. The van der Waals surface area contributed by atoms with Crippen LogP contribution in [-0.4, -0.2) is 81.4 Å². The fourth-order valence-corrected chi connectivity index (χ4v) is 8.78. The van der Waals surface area contributed by atoms with E-state index in [1.54, 1.807) is 7.11 Å². The van der Waals surface area contributed by atoms with Gasteiger partial charge in [-0.05, 0) is 86.1 Å². The summed E-state index contributed by atoms with van der Waals surface area (Å²) in [6.07, 6.45) is 8.99.